The van der Waals surface area contributed by atoms with Crippen molar-refractivity contribution in [2.45, 2.75) is 20.8 Å². The summed E-state index contributed by atoms with van der Waals surface area (Å²) in [7, 11) is 0. The second-order valence-corrected chi connectivity index (χ2v) is 7.22. The van der Waals surface area contributed by atoms with Gasteiger partial charge < -0.3 is 10.1 Å². The second-order valence-electron chi connectivity index (χ2n) is 7.22. The number of aryl methyl sites for hydroxylation is 3. The van der Waals surface area contributed by atoms with Crippen molar-refractivity contribution < 1.29 is 19.1 Å². The van der Waals surface area contributed by atoms with Gasteiger partial charge in [0.05, 0.1) is 5.56 Å². The van der Waals surface area contributed by atoms with Crippen LogP contribution in [0.1, 0.15) is 47.8 Å². The molecule has 152 valence electrons. The molecule has 0 aromatic heterocycles. The minimum Gasteiger partial charge on any atom is -0.454 e. The zero-order valence-corrected chi connectivity index (χ0v) is 17.2. The molecule has 3 aromatic carbocycles. The summed E-state index contributed by atoms with van der Waals surface area (Å²) < 4.78 is 5.20. The molecule has 3 rings (SSSR count). The molecule has 0 aliphatic carbocycles. The number of nitrogens with one attached hydrogen (secondary N) is 1. The monoisotopic (exact) mass is 401 g/mol. The van der Waals surface area contributed by atoms with Gasteiger partial charge in [-0.1, -0.05) is 41.5 Å². The third kappa shape index (κ3) is 5.20. The maximum atomic E-state index is 12.4. The third-order valence-electron chi connectivity index (χ3n) is 4.70. The van der Waals surface area contributed by atoms with E-state index < -0.39 is 5.97 Å². The molecule has 0 aliphatic rings. The summed E-state index contributed by atoms with van der Waals surface area (Å²) in [6.45, 7) is 5.35. The predicted molar refractivity (Wildman–Crippen MR) is 116 cm³/mol. The lowest BCUT2D eigenvalue weighted by atomic mass is 10.0. The Kier molecular flexibility index (Phi) is 6.42. The molecule has 0 unspecified atom stereocenters. The molecule has 0 spiro atoms. The Morgan fingerprint density at radius 2 is 1.50 bits per heavy atom. The summed E-state index contributed by atoms with van der Waals surface area (Å²) in [6, 6.07) is 19.2. The van der Waals surface area contributed by atoms with E-state index in [-0.39, 0.29) is 23.9 Å². The average molecular weight is 401 g/mol. The number of amides is 1. The van der Waals surface area contributed by atoms with Gasteiger partial charge in [0.1, 0.15) is 0 Å². The first kappa shape index (κ1) is 21.0. The van der Waals surface area contributed by atoms with Crippen LogP contribution in [0, 0.1) is 20.8 Å². The standard InChI is InChI=1S/C25H23NO4/c1-16-8-11-19(12-9-16)24(28)26-21-6-4-5-20(14-21)25(29)30-15-23(27)22-13-17(2)7-10-18(22)3/h4-14H,15H2,1-3H3,(H,26,28). The fourth-order valence-corrected chi connectivity index (χ4v) is 2.96. The molecule has 0 atom stereocenters. The largest absolute Gasteiger partial charge is 0.454 e. The molecule has 30 heavy (non-hydrogen) atoms. The fraction of sp³-hybridized carbons (Fsp3) is 0.160. The van der Waals surface area contributed by atoms with Crippen LogP contribution in [0.3, 0.4) is 0 Å². The minimum absolute atomic E-state index is 0.255. The van der Waals surface area contributed by atoms with Crippen molar-refractivity contribution in [2.24, 2.45) is 0 Å². The smallest absolute Gasteiger partial charge is 0.338 e. The van der Waals surface area contributed by atoms with Crippen LogP contribution in [0.4, 0.5) is 5.69 Å². The van der Waals surface area contributed by atoms with E-state index in [4.69, 9.17) is 4.74 Å². The van der Waals surface area contributed by atoms with Gasteiger partial charge in [-0.3, -0.25) is 9.59 Å². The topological polar surface area (TPSA) is 72.5 Å². The molecule has 0 saturated carbocycles. The third-order valence-corrected chi connectivity index (χ3v) is 4.70. The highest BCUT2D eigenvalue weighted by Crippen LogP contribution is 2.15. The highest BCUT2D eigenvalue weighted by molar-refractivity contribution is 6.05. The number of rotatable bonds is 6. The van der Waals surface area contributed by atoms with Gasteiger partial charge in [-0.15, -0.1) is 0 Å². The van der Waals surface area contributed by atoms with Crippen molar-refractivity contribution in [3.05, 3.63) is 100 Å². The number of anilines is 1. The molecule has 0 aliphatic heterocycles. The number of hydrogen-bond donors (Lipinski definition) is 1. The Balaban J connectivity index is 1.64. The van der Waals surface area contributed by atoms with Gasteiger partial charge in [0.15, 0.2) is 6.61 Å². The van der Waals surface area contributed by atoms with Crippen molar-refractivity contribution in [1.82, 2.24) is 0 Å². The number of benzene rings is 3. The molecule has 5 nitrogen and oxygen atoms in total. The summed E-state index contributed by atoms with van der Waals surface area (Å²) in [6.07, 6.45) is 0. The highest BCUT2D eigenvalue weighted by Gasteiger charge is 2.15. The van der Waals surface area contributed by atoms with E-state index in [9.17, 15) is 14.4 Å². The maximum absolute atomic E-state index is 12.4. The van der Waals surface area contributed by atoms with E-state index in [0.717, 1.165) is 16.7 Å². The SMILES string of the molecule is Cc1ccc(C(=O)Nc2cccc(C(=O)OCC(=O)c3cc(C)ccc3C)c2)cc1. The van der Waals surface area contributed by atoms with Crippen molar-refractivity contribution in [3.63, 3.8) is 0 Å². The zero-order chi connectivity index (χ0) is 21.7. The van der Waals surface area contributed by atoms with Crippen LogP contribution in [0.5, 0.6) is 0 Å². The van der Waals surface area contributed by atoms with Gasteiger partial charge in [0.25, 0.3) is 5.91 Å². The van der Waals surface area contributed by atoms with Crippen LogP contribution in [0.25, 0.3) is 0 Å². The van der Waals surface area contributed by atoms with Crippen molar-refractivity contribution in [1.29, 1.82) is 0 Å². The molecule has 0 heterocycles. The van der Waals surface area contributed by atoms with Crippen LogP contribution in [0.15, 0.2) is 66.7 Å². The Morgan fingerprint density at radius 3 is 2.23 bits per heavy atom. The van der Waals surface area contributed by atoms with E-state index in [2.05, 4.69) is 5.32 Å². The van der Waals surface area contributed by atoms with E-state index in [1.807, 2.05) is 45.0 Å². The second kappa shape index (κ2) is 9.18. The summed E-state index contributed by atoms with van der Waals surface area (Å²) in [5, 5.41) is 2.76. The minimum atomic E-state index is -0.625. The van der Waals surface area contributed by atoms with Crippen LogP contribution in [-0.4, -0.2) is 24.3 Å². The van der Waals surface area contributed by atoms with Crippen molar-refractivity contribution in [3.8, 4) is 0 Å². The van der Waals surface area contributed by atoms with Crippen LogP contribution < -0.4 is 5.32 Å². The number of esters is 1. The van der Waals surface area contributed by atoms with Gasteiger partial charge >= 0.3 is 5.97 Å². The van der Waals surface area contributed by atoms with E-state index in [0.29, 0.717) is 16.8 Å². The van der Waals surface area contributed by atoms with E-state index in [1.54, 1.807) is 36.4 Å². The normalized spacial score (nSPS) is 10.4. The van der Waals surface area contributed by atoms with Gasteiger partial charge in [-0.25, -0.2) is 4.79 Å². The Hall–Kier alpha value is -3.73. The van der Waals surface area contributed by atoms with Crippen LogP contribution in [-0.2, 0) is 4.74 Å². The molecule has 1 N–H and O–H groups in total. The Labute approximate surface area is 175 Å². The van der Waals surface area contributed by atoms with Gasteiger partial charge in [0.2, 0.25) is 5.78 Å². The summed E-state index contributed by atoms with van der Waals surface area (Å²) in [5.74, 6) is -1.15. The molecular weight excluding hydrogens is 378 g/mol. The summed E-state index contributed by atoms with van der Waals surface area (Å²) in [4.78, 5) is 37.2. The van der Waals surface area contributed by atoms with E-state index >= 15 is 0 Å². The first-order chi connectivity index (χ1) is 14.3. The lowest BCUT2D eigenvalue weighted by Crippen LogP contribution is -2.16. The summed E-state index contributed by atoms with van der Waals surface area (Å²) >= 11 is 0. The molecule has 0 bridgehead atoms. The lowest BCUT2D eigenvalue weighted by molar-refractivity contribution is 0.0474. The van der Waals surface area contributed by atoms with Crippen LogP contribution in [0.2, 0.25) is 0 Å². The number of hydrogen-bond acceptors (Lipinski definition) is 4. The molecule has 0 radical (unpaired) electrons. The fourth-order valence-electron chi connectivity index (χ4n) is 2.96. The molecule has 0 saturated heterocycles. The average Bonchev–Trinajstić information content (AvgIpc) is 2.74. The van der Waals surface area contributed by atoms with Crippen molar-refractivity contribution in [2.75, 3.05) is 11.9 Å². The number of carbonyl (C=O) groups excluding carboxylic acids is 3. The first-order valence-electron chi connectivity index (χ1n) is 9.59. The number of ether oxygens (including phenoxy) is 1. The maximum Gasteiger partial charge on any atom is 0.338 e. The molecular formula is C25H23NO4. The van der Waals surface area contributed by atoms with E-state index in [1.165, 1.54) is 6.07 Å². The quantitative estimate of drug-likeness (QED) is 0.471. The number of ketones is 1. The zero-order valence-electron chi connectivity index (χ0n) is 17.2. The highest BCUT2D eigenvalue weighted by atomic mass is 16.5. The van der Waals surface area contributed by atoms with Gasteiger partial charge in [-0.05, 0) is 62.7 Å². The predicted octanol–water partition coefficient (Wildman–Crippen LogP) is 4.90. The number of carbonyl (C=O) groups is 3. The molecule has 3 aromatic rings. The lowest BCUT2D eigenvalue weighted by Gasteiger charge is -2.09. The van der Waals surface area contributed by atoms with Gasteiger partial charge in [-0.2, -0.15) is 0 Å². The first-order valence-corrected chi connectivity index (χ1v) is 9.59. The Morgan fingerprint density at radius 1 is 0.800 bits per heavy atom. The van der Waals surface area contributed by atoms with Crippen molar-refractivity contribution >= 4 is 23.3 Å². The molecule has 0 fully saturated rings. The van der Waals surface area contributed by atoms with Crippen LogP contribution >= 0.6 is 0 Å². The molecule has 1 amide bonds. The summed E-state index contributed by atoms with van der Waals surface area (Å²) in [5.41, 5.74) is 4.65. The molecule has 5 heteroatoms. The van der Waals surface area contributed by atoms with Gasteiger partial charge in [0, 0.05) is 16.8 Å². The Bertz CT molecular complexity index is 1100. The number of Topliss-reactive ketones (excluding diaryl/α,β-unsaturated/α-hetero) is 1.